The predicted octanol–water partition coefficient (Wildman–Crippen LogP) is 3.28. The Kier molecular flexibility index (Phi) is 4.72. The van der Waals surface area contributed by atoms with E-state index >= 15 is 0 Å². The fraction of sp³-hybridized carbons (Fsp3) is 0.368. The fourth-order valence-corrected chi connectivity index (χ4v) is 3.12. The molecule has 0 saturated heterocycles. The van der Waals surface area contributed by atoms with E-state index in [-0.39, 0.29) is 24.0 Å². The van der Waals surface area contributed by atoms with E-state index in [1.54, 1.807) is 19.2 Å². The van der Waals surface area contributed by atoms with Gasteiger partial charge in [-0.2, -0.15) is 0 Å². The molecule has 0 amide bonds. The first kappa shape index (κ1) is 17.4. The van der Waals surface area contributed by atoms with E-state index in [9.17, 15) is 9.18 Å². The molecule has 0 bridgehead atoms. The standard InChI is InChI=1S/C19H22FN3O2/c1-10(2)6-12(21)9-25-17-8-16-14(7-15(17)20)13-4-5-22-11(3)18(13)19(24)23-16/h4-5,7-8,10,12H,6,9,21H2,1-3H3,(H,23,24)/t12-/m0/s1. The number of aromatic nitrogens is 2. The maximum absolute atomic E-state index is 14.5. The number of halogens is 1. The molecule has 132 valence electrons. The number of hydrogen-bond donors (Lipinski definition) is 2. The molecule has 0 aliphatic rings. The minimum absolute atomic E-state index is 0.0903. The normalized spacial score (nSPS) is 12.9. The molecule has 0 radical (unpaired) electrons. The smallest absolute Gasteiger partial charge is 0.258 e. The summed E-state index contributed by atoms with van der Waals surface area (Å²) in [5.74, 6) is 0.0548. The summed E-state index contributed by atoms with van der Waals surface area (Å²) < 4.78 is 20.0. The number of ether oxygens (including phenoxy) is 1. The molecule has 3 rings (SSSR count). The molecule has 3 N–H and O–H groups in total. The summed E-state index contributed by atoms with van der Waals surface area (Å²) in [5.41, 5.74) is 6.88. The van der Waals surface area contributed by atoms with Crippen LogP contribution in [-0.2, 0) is 0 Å². The zero-order valence-electron chi connectivity index (χ0n) is 14.6. The van der Waals surface area contributed by atoms with Gasteiger partial charge in [-0.25, -0.2) is 4.39 Å². The number of aromatic amines is 1. The molecular weight excluding hydrogens is 321 g/mol. The summed E-state index contributed by atoms with van der Waals surface area (Å²) in [6.07, 6.45) is 2.41. The monoisotopic (exact) mass is 343 g/mol. The molecule has 0 aliphatic carbocycles. The van der Waals surface area contributed by atoms with Crippen molar-refractivity contribution in [1.82, 2.24) is 9.97 Å². The molecule has 0 fully saturated rings. The van der Waals surface area contributed by atoms with Crippen LogP contribution in [0.15, 0.2) is 29.2 Å². The van der Waals surface area contributed by atoms with Crippen molar-refractivity contribution in [3.05, 3.63) is 46.3 Å². The molecule has 3 aromatic rings. The van der Waals surface area contributed by atoms with Gasteiger partial charge in [-0.05, 0) is 36.8 Å². The molecule has 0 spiro atoms. The Balaban J connectivity index is 2.02. The number of rotatable bonds is 5. The lowest BCUT2D eigenvalue weighted by Crippen LogP contribution is -2.29. The highest BCUT2D eigenvalue weighted by atomic mass is 19.1. The molecule has 25 heavy (non-hydrogen) atoms. The van der Waals surface area contributed by atoms with Gasteiger partial charge in [0.25, 0.3) is 5.56 Å². The van der Waals surface area contributed by atoms with Crippen LogP contribution < -0.4 is 16.0 Å². The van der Waals surface area contributed by atoms with E-state index < -0.39 is 5.82 Å². The SMILES string of the molecule is Cc1nccc2c1c(=O)[nH]c1cc(OC[C@@H](N)CC(C)C)c(F)cc12. The summed E-state index contributed by atoms with van der Waals surface area (Å²) >= 11 is 0. The topological polar surface area (TPSA) is 81.0 Å². The Morgan fingerprint density at radius 1 is 1.32 bits per heavy atom. The lowest BCUT2D eigenvalue weighted by Gasteiger charge is -2.16. The van der Waals surface area contributed by atoms with Gasteiger partial charge in [0.15, 0.2) is 11.6 Å². The van der Waals surface area contributed by atoms with Gasteiger partial charge in [0.05, 0.1) is 16.6 Å². The maximum Gasteiger partial charge on any atom is 0.258 e. The molecule has 1 atom stereocenters. The van der Waals surface area contributed by atoms with Gasteiger partial charge in [-0.1, -0.05) is 13.8 Å². The van der Waals surface area contributed by atoms with Crippen molar-refractivity contribution >= 4 is 21.7 Å². The lowest BCUT2D eigenvalue weighted by molar-refractivity contribution is 0.260. The number of nitrogens with one attached hydrogen (secondary N) is 1. The first-order valence-corrected chi connectivity index (χ1v) is 8.36. The van der Waals surface area contributed by atoms with Gasteiger partial charge in [0, 0.05) is 23.7 Å². The Hall–Kier alpha value is -2.47. The second-order valence-corrected chi connectivity index (χ2v) is 6.80. The zero-order valence-corrected chi connectivity index (χ0v) is 14.6. The second-order valence-electron chi connectivity index (χ2n) is 6.80. The highest BCUT2D eigenvalue weighted by molar-refractivity contribution is 6.06. The van der Waals surface area contributed by atoms with Crippen LogP contribution in [-0.4, -0.2) is 22.6 Å². The Labute approximate surface area is 145 Å². The number of aryl methyl sites for hydroxylation is 1. The Morgan fingerprint density at radius 2 is 2.08 bits per heavy atom. The number of hydrogen-bond acceptors (Lipinski definition) is 4. The summed E-state index contributed by atoms with van der Waals surface area (Å²) in [6.45, 7) is 6.13. The molecule has 2 aromatic heterocycles. The lowest BCUT2D eigenvalue weighted by atomic mass is 10.1. The van der Waals surface area contributed by atoms with Crippen molar-refractivity contribution < 1.29 is 9.13 Å². The number of nitrogens with zero attached hydrogens (tertiary/aromatic N) is 1. The molecule has 0 unspecified atom stereocenters. The van der Waals surface area contributed by atoms with Crippen molar-refractivity contribution in [3.8, 4) is 5.75 Å². The van der Waals surface area contributed by atoms with E-state index in [4.69, 9.17) is 10.5 Å². The number of nitrogens with two attached hydrogens (primary N) is 1. The maximum atomic E-state index is 14.5. The van der Waals surface area contributed by atoms with Crippen LogP contribution in [0.4, 0.5) is 4.39 Å². The molecule has 5 nitrogen and oxygen atoms in total. The largest absolute Gasteiger partial charge is 0.489 e. The number of pyridine rings is 2. The molecular formula is C19H22FN3O2. The summed E-state index contributed by atoms with van der Waals surface area (Å²) in [7, 11) is 0. The summed E-state index contributed by atoms with van der Waals surface area (Å²) in [4.78, 5) is 19.3. The van der Waals surface area contributed by atoms with Crippen LogP contribution in [0.1, 0.15) is 26.0 Å². The predicted molar refractivity (Wildman–Crippen MR) is 97.5 cm³/mol. The van der Waals surface area contributed by atoms with Crippen LogP contribution in [0, 0.1) is 18.7 Å². The molecule has 0 aliphatic heterocycles. The van der Waals surface area contributed by atoms with Crippen LogP contribution >= 0.6 is 0 Å². The van der Waals surface area contributed by atoms with Crippen molar-refractivity contribution in [2.24, 2.45) is 11.7 Å². The zero-order chi connectivity index (χ0) is 18.1. The van der Waals surface area contributed by atoms with Crippen LogP contribution in [0.3, 0.4) is 0 Å². The molecule has 0 saturated carbocycles. The minimum atomic E-state index is -0.480. The van der Waals surface area contributed by atoms with E-state index in [2.05, 4.69) is 23.8 Å². The number of benzene rings is 1. The average Bonchev–Trinajstić information content (AvgIpc) is 2.53. The first-order valence-electron chi connectivity index (χ1n) is 8.36. The van der Waals surface area contributed by atoms with Crippen LogP contribution in [0.25, 0.3) is 21.7 Å². The minimum Gasteiger partial charge on any atom is -0.489 e. The Morgan fingerprint density at radius 3 is 2.80 bits per heavy atom. The third kappa shape index (κ3) is 3.49. The van der Waals surface area contributed by atoms with E-state index in [0.29, 0.717) is 33.3 Å². The number of fused-ring (bicyclic) bond motifs is 3. The highest BCUT2D eigenvalue weighted by Gasteiger charge is 2.14. The van der Waals surface area contributed by atoms with Gasteiger partial charge in [-0.3, -0.25) is 9.78 Å². The van der Waals surface area contributed by atoms with Crippen molar-refractivity contribution in [1.29, 1.82) is 0 Å². The van der Waals surface area contributed by atoms with E-state index in [0.717, 1.165) is 6.42 Å². The molecule has 6 heteroatoms. The van der Waals surface area contributed by atoms with Gasteiger partial charge < -0.3 is 15.5 Å². The van der Waals surface area contributed by atoms with Gasteiger partial charge in [-0.15, -0.1) is 0 Å². The van der Waals surface area contributed by atoms with Crippen molar-refractivity contribution in [2.75, 3.05) is 6.61 Å². The third-order valence-corrected chi connectivity index (χ3v) is 4.21. The first-order chi connectivity index (χ1) is 11.9. The third-order valence-electron chi connectivity index (χ3n) is 4.21. The highest BCUT2D eigenvalue weighted by Crippen LogP contribution is 2.28. The second kappa shape index (κ2) is 6.80. The van der Waals surface area contributed by atoms with E-state index in [1.807, 2.05) is 0 Å². The average molecular weight is 343 g/mol. The van der Waals surface area contributed by atoms with Gasteiger partial charge in [0.1, 0.15) is 6.61 Å². The molecule has 1 aromatic carbocycles. The number of H-pyrrole nitrogens is 1. The van der Waals surface area contributed by atoms with Gasteiger partial charge in [0.2, 0.25) is 0 Å². The fourth-order valence-electron chi connectivity index (χ4n) is 3.12. The Bertz CT molecular complexity index is 982. The van der Waals surface area contributed by atoms with E-state index in [1.165, 1.54) is 12.1 Å². The van der Waals surface area contributed by atoms with Gasteiger partial charge >= 0.3 is 0 Å². The summed E-state index contributed by atoms with van der Waals surface area (Å²) in [6, 6.07) is 4.46. The van der Waals surface area contributed by atoms with Crippen molar-refractivity contribution in [3.63, 3.8) is 0 Å². The van der Waals surface area contributed by atoms with Crippen LogP contribution in [0.2, 0.25) is 0 Å². The quantitative estimate of drug-likeness (QED) is 0.697. The molecule has 2 heterocycles. The summed E-state index contributed by atoms with van der Waals surface area (Å²) in [5, 5.41) is 1.77. The van der Waals surface area contributed by atoms with Crippen molar-refractivity contribution in [2.45, 2.75) is 33.2 Å². The van der Waals surface area contributed by atoms with Crippen LogP contribution in [0.5, 0.6) is 5.75 Å².